The molecule has 8 nitrogen and oxygen atoms in total. The molecule has 1 N–H and O–H groups in total. The van der Waals surface area contributed by atoms with E-state index in [1.807, 2.05) is 32.0 Å². The average Bonchev–Trinajstić information content (AvgIpc) is 3.24. The van der Waals surface area contributed by atoms with E-state index in [4.69, 9.17) is 23.7 Å². The van der Waals surface area contributed by atoms with Gasteiger partial charge in [0.05, 0.1) is 34.5 Å². The van der Waals surface area contributed by atoms with Crippen molar-refractivity contribution < 1.29 is 23.7 Å². The molecule has 29 heavy (non-hydrogen) atoms. The molecule has 0 spiro atoms. The number of nitrogens with zero attached hydrogens (tertiary/aromatic N) is 2. The molecule has 0 atom stereocenters. The van der Waals surface area contributed by atoms with E-state index < -0.39 is 0 Å². The van der Waals surface area contributed by atoms with Gasteiger partial charge in [0, 0.05) is 11.1 Å². The lowest BCUT2D eigenvalue weighted by molar-refractivity contribution is 0.288. The van der Waals surface area contributed by atoms with Crippen LogP contribution in [0.15, 0.2) is 30.3 Å². The van der Waals surface area contributed by atoms with Gasteiger partial charge in [0.25, 0.3) is 0 Å². The molecule has 0 aliphatic rings. The maximum atomic E-state index is 5.70. The van der Waals surface area contributed by atoms with Gasteiger partial charge in [-0.05, 0) is 44.2 Å². The third kappa shape index (κ3) is 4.21. The Labute approximate surface area is 169 Å². The number of benzene rings is 2. The highest BCUT2D eigenvalue weighted by atomic mass is 16.5. The van der Waals surface area contributed by atoms with Crippen LogP contribution in [0.1, 0.15) is 13.8 Å². The Hall–Kier alpha value is -3.42. The average molecular weight is 399 g/mol. The SMILES string of the molecule is CCOc1ccc(-c2nc(-c3cc(OC)c(OC)c(OC)c3)n[nH]2)cc1OCC. The van der Waals surface area contributed by atoms with Gasteiger partial charge in [0.2, 0.25) is 5.75 Å². The summed E-state index contributed by atoms with van der Waals surface area (Å²) in [4.78, 5) is 4.62. The third-order valence-electron chi connectivity index (χ3n) is 4.23. The first-order valence-electron chi connectivity index (χ1n) is 9.27. The quantitative estimate of drug-likeness (QED) is 0.583. The van der Waals surface area contributed by atoms with Gasteiger partial charge in [0.1, 0.15) is 0 Å². The molecule has 0 bridgehead atoms. The molecule has 0 fully saturated rings. The maximum absolute atomic E-state index is 5.70. The molecule has 1 aromatic heterocycles. The van der Waals surface area contributed by atoms with Crippen LogP contribution in [-0.2, 0) is 0 Å². The molecular formula is C21H25N3O5. The summed E-state index contributed by atoms with van der Waals surface area (Å²) in [6.07, 6.45) is 0. The number of nitrogens with one attached hydrogen (secondary N) is 1. The number of rotatable bonds is 9. The minimum absolute atomic E-state index is 0.506. The van der Waals surface area contributed by atoms with E-state index in [1.165, 1.54) is 0 Å². The van der Waals surface area contributed by atoms with Gasteiger partial charge in [0.15, 0.2) is 34.6 Å². The summed E-state index contributed by atoms with van der Waals surface area (Å²) in [7, 11) is 4.70. The van der Waals surface area contributed by atoms with E-state index >= 15 is 0 Å². The molecule has 0 radical (unpaired) electrons. The zero-order valence-corrected chi connectivity index (χ0v) is 17.2. The standard InChI is InChI=1S/C21H25N3O5/c1-6-28-15-9-8-13(10-16(15)29-7-2)20-22-21(24-23-20)14-11-17(25-3)19(27-5)18(12-14)26-4/h8-12H,6-7H2,1-5H3,(H,22,23,24). The van der Waals surface area contributed by atoms with Crippen LogP contribution in [0.4, 0.5) is 0 Å². The van der Waals surface area contributed by atoms with Gasteiger partial charge in [-0.2, -0.15) is 5.10 Å². The van der Waals surface area contributed by atoms with E-state index in [-0.39, 0.29) is 0 Å². The highest BCUT2D eigenvalue weighted by molar-refractivity contribution is 5.69. The molecule has 0 saturated carbocycles. The van der Waals surface area contributed by atoms with Gasteiger partial charge in [-0.1, -0.05) is 0 Å². The van der Waals surface area contributed by atoms with Crippen LogP contribution in [0.2, 0.25) is 0 Å². The van der Waals surface area contributed by atoms with E-state index in [2.05, 4.69) is 15.2 Å². The molecule has 0 aliphatic carbocycles. The topological polar surface area (TPSA) is 87.7 Å². The molecule has 2 aromatic carbocycles. The summed E-state index contributed by atoms with van der Waals surface area (Å²) in [5.41, 5.74) is 1.57. The predicted octanol–water partition coefficient (Wildman–Crippen LogP) is 3.96. The van der Waals surface area contributed by atoms with E-state index in [1.54, 1.807) is 33.5 Å². The van der Waals surface area contributed by atoms with E-state index in [9.17, 15) is 0 Å². The van der Waals surface area contributed by atoms with Crippen LogP contribution < -0.4 is 23.7 Å². The van der Waals surface area contributed by atoms with Gasteiger partial charge in [-0.3, -0.25) is 5.10 Å². The van der Waals surface area contributed by atoms with Gasteiger partial charge in [-0.25, -0.2) is 4.98 Å². The number of H-pyrrole nitrogens is 1. The number of hydrogen-bond acceptors (Lipinski definition) is 7. The first-order valence-corrected chi connectivity index (χ1v) is 9.27. The van der Waals surface area contributed by atoms with Crippen LogP contribution in [0, 0.1) is 0 Å². The molecule has 0 saturated heterocycles. The second kappa shape index (κ2) is 9.18. The first kappa shape index (κ1) is 20.3. The van der Waals surface area contributed by atoms with Crippen LogP contribution >= 0.6 is 0 Å². The van der Waals surface area contributed by atoms with Crippen molar-refractivity contribution in [3.8, 4) is 51.5 Å². The van der Waals surface area contributed by atoms with Crippen LogP contribution in [0.3, 0.4) is 0 Å². The lowest BCUT2D eigenvalue weighted by Gasteiger charge is -2.13. The van der Waals surface area contributed by atoms with Gasteiger partial charge in [-0.15, -0.1) is 0 Å². The molecule has 154 valence electrons. The first-order chi connectivity index (χ1) is 14.1. The molecular weight excluding hydrogens is 374 g/mol. The molecule has 0 aliphatic heterocycles. The normalized spacial score (nSPS) is 10.5. The van der Waals surface area contributed by atoms with E-state index in [0.717, 1.165) is 11.1 Å². The number of ether oxygens (including phenoxy) is 5. The summed E-state index contributed by atoms with van der Waals surface area (Å²) in [5, 5.41) is 7.32. The number of hydrogen-bond donors (Lipinski definition) is 1. The van der Waals surface area contributed by atoms with E-state index in [0.29, 0.717) is 53.6 Å². The third-order valence-corrected chi connectivity index (χ3v) is 4.23. The molecule has 0 amide bonds. The molecule has 1 heterocycles. The molecule has 3 rings (SSSR count). The minimum Gasteiger partial charge on any atom is -0.493 e. The van der Waals surface area contributed by atoms with Crippen molar-refractivity contribution in [3.63, 3.8) is 0 Å². The van der Waals surface area contributed by atoms with Crippen molar-refractivity contribution in [1.82, 2.24) is 15.2 Å². The minimum atomic E-state index is 0.506. The summed E-state index contributed by atoms with van der Waals surface area (Å²) in [6, 6.07) is 9.27. The fourth-order valence-electron chi connectivity index (χ4n) is 2.93. The smallest absolute Gasteiger partial charge is 0.203 e. The number of methoxy groups -OCH3 is 3. The van der Waals surface area contributed by atoms with Crippen molar-refractivity contribution in [1.29, 1.82) is 0 Å². The molecule has 8 heteroatoms. The highest BCUT2D eigenvalue weighted by Gasteiger charge is 2.17. The highest BCUT2D eigenvalue weighted by Crippen LogP contribution is 2.41. The van der Waals surface area contributed by atoms with Crippen molar-refractivity contribution in [2.75, 3.05) is 34.5 Å². The zero-order chi connectivity index (χ0) is 20.8. The Morgan fingerprint density at radius 1 is 0.759 bits per heavy atom. The van der Waals surface area contributed by atoms with Crippen LogP contribution in [0.25, 0.3) is 22.8 Å². The summed E-state index contributed by atoms with van der Waals surface area (Å²) >= 11 is 0. The number of aromatic nitrogens is 3. The van der Waals surface area contributed by atoms with Crippen molar-refractivity contribution >= 4 is 0 Å². The van der Waals surface area contributed by atoms with Crippen molar-refractivity contribution in [2.24, 2.45) is 0 Å². The largest absolute Gasteiger partial charge is 0.493 e. The van der Waals surface area contributed by atoms with Crippen molar-refractivity contribution in [2.45, 2.75) is 13.8 Å². The molecule has 0 unspecified atom stereocenters. The monoisotopic (exact) mass is 399 g/mol. The summed E-state index contributed by atoms with van der Waals surface area (Å²) in [5.74, 6) is 4.06. The van der Waals surface area contributed by atoms with Crippen molar-refractivity contribution in [3.05, 3.63) is 30.3 Å². The lowest BCUT2D eigenvalue weighted by Crippen LogP contribution is -1.98. The molecule has 3 aromatic rings. The van der Waals surface area contributed by atoms with Crippen LogP contribution in [0.5, 0.6) is 28.7 Å². The fourth-order valence-corrected chi connectivity index (χ4v) is 2.93. The van der Waals surface area contributed by atoms with Crippen LogP contribution in [-0.4, -0.2) is 49.7 Å². The Morgan fingerprint density at radius 3 is 1.97 bits per heavy atom. The van der Waals surface area contributed by atoms with Gasteiger partial charge >= 0.3 is 0 Å². The zero-order valence-electron chi connectivity index (χ0n) is 17.2. The Bertz CT molecular complexity index is 946. The second-order valence-corrected chi connectivity index (χ2v) is 5.95. The summed E-state index contributed by atoms with van der Waals surface area (Å²) < 4.78 is 27.5. The Morgan fingerprint density at radius 2 is 1.38 bits per heavy atom. The Kier molecular flexibility index (Phi) is 6.43. The number of aromatic amines is 1. The maximum Gasteiger partial charge on any atom is 0.203 e. The summed E-state index contributed by atoms with van der Waals surface area (Å²) in [6.45, 7) is 4.97. The predicted molar refractivity (Wildman–Crippen MR) is 109 cm³/mol. The fraction of sp³-hybridized carbons (Fsp3) is 0.333. The second-order valence-electron chi connectivity index (χ2n) is 5.95. The Balaban J connectivity index is 1.98. The lowest BCUT2D eigenvalue weighted by atomic mass is 10.1. The van der Waals surface area contributed by atoms with Gasteiger partial charge < -0.3 is 23.7 Å².